The van der Waals surface area contributed by atoms with Crippen LogP contribution in [0.2, 0.25) is 0 Å². The van der Waals surface area contributed by atoms with Gasteiger partial charge in [-0.1, -0.05) is 12.1 Å². The van der Waals surface area contributed by atoms with Gasteiger partial charge in [-0.2, -0.15) is 5.10 Å². The molecule has 0 saturated heterocycles. The van der Waals surface area contributed by atoms with Crippen LogP contribution >= 0.6 is 0 Å². The van der Waals surface area contributed by atoms with Gasteiger partial charge in [-0.05, 0) is 31.0 Å². The first kappa shape index (κ1) is 18.5. The van der Waals surface area contributed by atoms with E-state index in [1.54, 1.807) is 23.9 Å². The number of amides is 2. The second-order valence-corrected chi connectivity index (χ2v) is 5.58. The van der Waals surface area contributed by atoms with Gasteiger partial charge in [-0.15, -0.1) is 0 Å². The van der Waals surface area contributed by atoms with Crippen molar-refractivity contribution >= 4 is 17.8 Å². The van der Waals surface area contributed by atoms with E-state index in [0.717, 1.165) is 17.5 Å². The van der Waals surface area contributed by atoms with Gasteiger partial charge in [-0.3, -0.25) is 10.00 Å². The van der Waals surface area contributed by atoms with Crippen molar-refractivity contribution in [3.8, 4) is 0 Å². The van der Waals surface area contributed by atoms with E-state index in [-0.39, 0.29) is 11.6 Å². The summed E-state index contributed by atoms with van der Waals surface area (Å²) in [4.78, 5) is 22.8. The molecular formula is C17H22N4O4. The van der Waals surface area contributed by atoms with Crippen LogP contribution in [0.1, 0.15) is 27.9 Å². The van der Waals surface area contributed by atoms with Gasteiger partial charge in [-0.25, -0.2) is 9.59 Å². The Morgan fingerprint density at radius 2 is 2.00 bits per heavy atom. The molecule has 3 N–H and O–H groups in total. The molecular weight excluding hydrogens is 324 g/mol. The van der Waals surface area contributed by atoms with Crippen molar-refractivity contribution in [3.05, 3.63) is 47.2 Å². The lowest BCUT2D eigenvalue weighted by Gasteiger charge is -2.07. The monoisotopic (exact) mass is 346 g/mol. The summed E-state index contributed by atoms with van der Waals surface area (Å²) >= 11 is 0. The molecule has 0 saturated carbocycles. The Morgan fingerprint density at radius 1 is 1.28 bits per heavy atom. The zero-order chi connectivity index (χ0) is 18.2. The largest absolute Gasteiger partial charge is 0.478 e. The standard InChI is InChI=1S/C17H22N4O4/c1-12-11-21(8-3-9-25-2)20-15(12)19-17(24)18-10-13-4-6-14(7-5-13)16(22)23/h4-7,11H,3,8-10H2,1-2H3,(H,22,23)(H2,18,19,20,24). The zero-order valence-corrected chi connectivity index (χ0v) is 14.3. The second-order valence-electron chi connectivity index (χ2n) is 5.58. The van der Waals surface area contributed by atoms with Crippen LogP contribution in [-0.4, -0.2) is 40.6 Å². The maximum atomic E-state index is 12.0. The van der Waals surface area contributed by atoms with Gasteiger partial charge in [0.1, 0.15) is 0 Å². The van der Waals surface area contributed by atoms with Gasteiger partial charge in [0.05, 0.1) is 5.56 Å². The molecule has 8 heteroatoms. The van der Waals surface area contributed by atoms with Crippen LogP contribution in [0.3, 0.4) is 0 Å². The quantitative estimate of drug-likeness (QED) is 0.636. The van der Waals surface area contributed by atoms with Crippen LogP contribution in [0.15, 0.2) is 30.5 Å². The molecule has 2 rings (SSSR count). The van der Waals surface area contributed by atoms with Crippen LogP contribution in [0.5, 0.6) is 0 Å². The Kier molecular flexibility index (Phi) is 6.53. The highest BCUT2D eigenvalue weighted by Gasteiger charge is 2.09. The van der Waals surface area contributed by atoms with E-state index in [4.69, 9.17) is 9.84 Å². The van der Waals surface area contributed by atoms with Crippen molar-refractivity contribution in [2.75, 3.05) is 19.0 Å². The van der Waals surface area contributed by atoms with Crippen molar-refractivity contribution in [3.63, 3.8) is 0 Å². The minimum atomic E-state index is -0.978. The Bertz CT molecular complexity index is 725. The van der Waals surface area contributed by atoms with Crippen LogP contribution < -0.4 is 10.6 Å². The number of carbonyl (C=O) groups excluding carboxylic acids is 1. The fourth-order valence-electron chi connectivity index (χ4n) is 2.23. The van der Waals surface area contributed by atoms with E-state index in [9.17, 15) is 9.59 Å². The number of benzene rings is 1. The average Bonchev–Trinajstić information content (AvgIpc) is 2.93. The van der Waals surface area contributed by atoms with Gasteiger partial charge in [0.15, 0.2) is 5.82 Å². The molecule has 0 aliphatic heterocycles. The number of urea groups is 1. The number of carbonyl (C=O) groups is 2. The molecule has 1 heterocycles. The van der Waals surface area contributed by atoms with Crippen molar-refractivity contribution in [2.24, 2.45) is 0 Å². The summed E-state index contributed by atoms with van der Waals surface area (Å²) in [5, 5.41) is 18.6. The number of carboxylic acid groups (broad SMARTS) is 1. The number of anilines is 1. The first-order valence-electron chi connectivity index (χ1n) is 7.89. The number of nitrogens with one attached hydrogen (secondary N) is 2. The van der Waals surface area contributed by atoms with Gasteiger partial charge >= 0.3 is 12.0 Å². The normalized spacial score (nSPS) is 10.5. The molecule has 0 atom stereocenters. The van der Waals surface area contributed by atoms with E-state index in [2.05, 4.69) is 15.7 Å². The summed E-state index contributed by atoms with van der Waals surface area (Å²) in [6.45, 7) is 3.54. The second kappa shape index (κ2) is 8.84. The Balaban J connectivity index is 1.84. The Labute approximate surface area is 145 Å². The topological polar surface area (TPSA) is 105 Å². The van der Waals surface area contributed by atoms with E-state index < -0.39 is 5.97 Å². The average molecular weight is 346 g/mol. The molecule has 0 fully saturated rings. The fraction of sp³-hybridized carbons (Fsp3) is 0.353. The lowest BCUT2D eigenvalue weighted by molar-refractivity contribution is 0.0697. The molecule has 25 heavy (non-hydrogen) atoms. The predicted molar refractivity (Wildman–Crippen MR) is 92.7 cm³/mol. The number of rotatable bonds is 8. The third-order valence-electron chi connectivity index (χ3n) is 3.57. The molecule has 0 radical (unpaired) electrons. The molecule has 0 unspecified atom stereocenters. The number of ether oxygens (including phenoxy) is 1. The molecule has 0 spiro atoms. The molecule has 134 valence electrons. The minimum Gasteiger partial charge on any atom is -0.478 e. The number of hydrogen-bond donors (Lipinski definition) is 3. The van der Waals surface area contributed by atoms with Crippen LogP contribution in [0, 0.1) is 6.92 Å². The number of aromatic nitrogens is 2. The third kappa shape index (κ3) is 5.61. The SMILES string of the molecule is COCCCn1cc(C)c(NC(=O)NCc2ccc(C(=O)O)cc2)n1. The highest BCUT2D eigenvalue weighted by atomic mass is 16.5. The highest BCUT2D eigenvalue weighted by Crippen LogP contribution is 2.12. The van der Waals surface area contributed by atoms with Crippen molar-refractivity contribution in [2.45, 2.75) is 26.4 Å². The number of carboxylic acids is 1. The molecule has 2 amide bonds. The highest BCUT2D eigenvalue weighted by molar-refractivity contribution is 5.89. The maximum Gasteiger partial charge on any atom is 0.335 e. The molecule has 1 aromatic carbocycles. The summed E-state index contributed by atoms with van der Waals surface area (Å²) < 4.78 is 6.78. The number of hydrogen-bond acceptors (Lipinski definition) is 4. The zero-order valence-electron chi connectivity index (χ0n) is 14.3. The first-order valence-corrected chi connectivity index (χ1v) is 7.89. The third-order valence-corrected chi connectivity index (χ3v) is 3.57. The Hall–Kier alpha value is -2.87. The van der Waals surface area contributed by atoms with E-state index in [1.807, 2.05) is 13.1 Å². The summed E-state index contributed by atoms with van der Waals surface area (Å²) in [5.74, 6) is -0.468. The van der Waals surface area contributed by atoms with Crippen LogP contribution in [-0.2, 0) is 17.8 Å². The lowest BCUT2D eigenvalue weighted by Crippen LogP contribution is -2.28. The maximum absolute atomic E-state index is 12.0. The predicted octanol–water partition coefficient (Wildman–Crippen LogP) is 2.25. The molecule has 0 aliphatic rings. The summed E-state index contributed by atoms with van der Waals surface area (Å²) in [5.41, 5.74) is 1.89. The van der Waals surface area contributed by atoms with Gasteiger partial charge < -0.3 is 15.2 Å². The molecule has 2 aromatic rings. The van der Waals surface area contributed by atoms with Crippen LogP contribution in [0.25, 0.3) is 0 Å². The molecule has 8 nitrogen and oxygen atoms in total. The fourth-order valence-corrected chi connectivity index (χ4v) is 2.23. The van der Waals surface area contributed by atoms with E-state index >= 15 is 0 Å². The summed E-state index contributed by atoms with van der Waals surface area (Å²) in [6.07, 6.45) is 2.71. The summed E-state index contributed by atoms with van der Waals surface area (Å²) in [7, 11) is 1.65. The van der Waals surface area contributed by atoms with Crippen LogP contribution in [0.4, 0.5) is 10.6 Å². The van der Waals surface area contributed by atoms with Crippen molar-refractivity contribution in [1.82, 2.24) is 15.1 Å². The molecule has 0 aliphatic carbocycles. The smallest absolute Gasteiger partial charge is 0.335 e. The van der Waals surface area contributed by atoms with E-state index in [1.165, 1.54) is 12.1 Å². The van der Waals surface area contributed by atoms with E-state index in [0.29, 0.717) is 25.5 Å². The molecule has 1 aromatic heterocycles. The van der Waals surface area contributed by atoms with Crippen molar-refractivity contribution < 1.29 is 19.4 Å². The number of methoxy groups -OCH3 is 1. The number of aryl methyl sites for hydroxylation is 2. The van der Waals surface area contributed by atoms with Gasteiger partial charge in [0.2, 0.25) is 0 Å². The number of nitrogens with zero attached hydrogens (tertiary/aromatic N) is 2. The first-order chi connectivity index (χ1) is 12.0. The van der Waals surface area contributed by atoms with Gasteiger partial charge in [0.25, 0.3) is 0 Å². The lowest BCUT2D eigenvalue weighted by atomic mass is 10.1. The minimum absolute atomic E-state index is 0.211. The van der Waals surface area contributed by atoms with Crippen molar-refractivity contribution in [1.29, 1.82) is 0 Å². The van der Waals surface area contributed by atoms with Gasteiger partial charge in [0, 0.05) is 38.6 Å². The molecule has 0 bridgehead atoms. The number of aromatic carboxylic acids is 1. The Morgan fingerprint density at radius 3 is 2.64 bits per heavy atom. The summed E-state index contributed by atoms with van der Waals surface area (Å²) in [6, 6.07) is 5.97.